The van der Waals surface area contributed by atoms with Crippen LogP contribution in [-0.2, 0) is 24.2 Å². The van der Waals surface area contributed by atoms with Crippen LogP contribution in [0.25, 0.3) is 0 Å². The third-order valence-corrected chi connectivity index (χ3v) is 5.39. The molecule has 0 aliphatic carbocycles. The second-order valence-electron chi connectivity index (χ2n) is 7.62. The topological polar surface area (TPSA) is 80.2 Å². The summed E-state index contributed by atoms with van der Waals surface area (Å²) in [7, 11) is 1.87. The number of ether oxygens (including phenoxy) is 1. The molecule has 1 unspecified atom stereocenters. The van der Waals surface area contributed by atoms with Crippen molar-refractivity contribution in [3.63, 3.8) is 0 Å². The number of nitrogens with one attached hydrogen (secondary N) is 1. The maximum atomic E-state index is 13.0. The van der Waals surface area contributed by atoms with Crippen molar-refractivity contribution in [2.24, 2.45) is 0 Å². The van der Waals surface area contributed by atoms with E-state index >= 15 is 0 Å². The molecule has 3 aromatic rings. The zero-order valence-corrected chi connectivity index (χ0v) is 17.7. The zero-order chi connectivity index (χ0) is 22.0. The number of hydrogen-bond donors (Lipinski definition) is 1. The number of nitrogens with zero attached hydrogens (tertiary/aromatic N) is 4. The Hall–Kier alpha value is -3.55. The van der Waals surface area contributed by atoms with E-state index in [4.69, 9.17) is 4.74 Å². The molecule has 8 heteroatoms. The van der Waals surface area contributed by atoms with Gasteiger partial charge in [0, 0.05) is 25.7 Å². The molecule has 2 aromatic heterocycles. The van der Waals surface area contributed by atoms with Gasteiger partial charge in [-0.05, 0) is 43.5 Å². The molecule has 0 saturated heterocycles. The number of aromatic nitrogens is 3. The minimum atomic E-state index is -0.277. The summed E-state index contributed by atoms with van der Waals surface area (Å²) in [5, 5.41) is 2.89. The van der Waals surface area contributed by atoms with Crippen LogP contribution in [0.15, 0.2) is 42.6 Å². The van der Waals surface area contributed by atoms with Gasteiger partial charge in [0.1, 0.15) is 30.0 Å². The SMILES string of the molecule is Cc1nc(CCc2ccc(OCc3ccc(F)cc3)nc2)nc2c1NC(=O)C(C)N2C. The van der Waals surface area contributed by atoms with Crippen molar-refractivity contribution in [2.45, 2.75) is 39.3 Å². The lowest BCUT2D eigenvalue weighted by Gasteiger charge is -2.32. The number of fused-ring (bicyclic) bond motifs is 1. The highest BCUT2D eigenvalue weighted by atomic mass is 19.1. The Balaban J connectivity index is 1.38. The van der Waals surface area contributed by atoms with Gasteiger partial charge in [-0.15, -0.1) is 0 Å². The number of carbonyl (C=O) groups excluding carboxylic acids is 1. The van der Waals surface area contributed by atoms with Gasteiger partial charge in [-0.1, -0.05) is 18.2 Å². The van der Waals surface area contributed by atoms with Crippen LogP contribution in [-0.4, -0.2) is 33.9 Å². The third kappa shape index (κ3) is 4.63. The first-order chi connectivity index (χ1) is 14.9. The highest BCUT2D eigenvalue weighted by Gasteiger charge is 2.30. The number of hydrogen-bond acceptors (Lipinski definition) is 6. The molecule has 160 valence electrons. The molecular weight excluding hydrogens is 397 g/mol. The van der Waals surface area contributed by atoms with Crippen molar-refractivity contribution in [3.8, 4) is 5.88 Å². The molecule has 0 spiro atoms. The molecule has 0 bridgehead atoms. The Morgan fingerprint density at radius 2 is 1.84 bits per heavy atom. The Morgan fingerprint density at radius 3 is 2.55 bits per heavy atom. The minimum Gasteiger partial charge on any atom is -0.473 e. The number of halogens is 1. The number of carbonyl (C=O) groups is 1. The average Bonchev–Trinajstić information content (AvgIpc) is 2.77. The van der Waals surface area contributed by atoms with Gasteiger partial charge in [0.2, 0.25) is 11.8 Å². The van der Waals surface area contributed by atoms with Crippen LogP contribution in [0.2, 0.25) is 0 Å². The fourth-order valence-corrected chi connectivity index (χ4v) is 3.35. The molecule has 1 N–H and O–H groups in total. The summed E-state index contributed by atoms with van der Waals surface area (Å²) in [6.45, 7) is 4.06. The molecule has 31 heavy (non-hydrogen) atoms. The molecular formula is C23H24FN5O2. The van der Waals surface area contributed by atoms with E-state index in [1.165, 1.54) is 12.1 Å². The Morgan fingerprint density at radius 1 is 1.10 bits per heavy atom. The van der Waals surface area contributed by atoms with E-state index in [0.29, 0.717) is 24.6 Å². The Labute approximate surface area is 180 Å². The molecule has 1 aliphatic rings. The number of pyridine rings is 1. The number of aryl methyl sites for hydroxylation is 3. The van der Waals surface area contributed by atoms with Crippen LogP contribution in [0.1, 0.15) is 29.6 Å². The molecule has 1 amide bonds. The fraction of sp³-hybridized carbons (Fsp3) is 0.304. The molecule has 0 saturated carbocycles. The van der Waals surface area contributed by atoms with E-state index in [0.717, 1.165) is 34.9 Å². The smallest absolute Gasteiger partial charge is 0.246 e. The Bertz CT molecular complexity index is 1090. The number of amides is 1. The highest BCUT2D eigenvalue weighted by Crippen LogP contribution is 2.31. The van der Waals surface area contributed by atoms with Gasteiger partial charge in [-0.2, -0.15) is 0 Å². The lowest BCUT2D eigenvalue weighted by Crippen LogP contribution is -2.45. The maximum absolute atomic E-state index is 13.0. The van der Waals surface area contributed by atoms with Crippen molar-refractivity contribution in [1.29, 1.82) is 0 Å². The van der Waals surface area contributed by atoms with Gasteiger partial charge in [0.15, 0.2) is 5.82 Å². The predicted molar refractivity (Wildman–Crippen MR) is 116 cm³/mol. The van der Waals surface area contributed by atoms with Crippen LogP contribution < -0.4 is 15.0 Å². The van der Waals surface area contributed by atoms with Crippen LogP contribution in [0.5, 0.6) is 5.88 Å². The van der Waals surface area contributed by atoms with Gasteiger partial charge in [0.25, 0.3) is 0 Å². The molecule has 7 nitrogen and oxygen atoms in total. The minimum absolute atomic E-state index is 0.0535. The first-order valence-corrected chi connectivity index (χ1v) is 10.1. The standard InChI is InChI=1S/C23H24FN5O2/c1-14-21-22(29(3)15(2)23(30)28-21)27-19(26-14)10-6-16-7-11-20(25-12-16)31-13-17-4-8-18(24)9-5-17/h4-5,7-9,11-12,15H,6,10,13H2,1-3H3,(H,28,30). The van der Waals surface area contributed by atoms with Crippen LogP contribution in [0.3, 0.4) is 0 Å². The number of benzene rings is 1. The molecule has 4 rings (SSSR count). The fourth-order valence-electron chi connectivity index (χ4n) is 3.35. The highest BCUT2D eigenvalue weighted by molar-refractivity contribution is 6.02. The second kappa shape index (κ2) is 8.67. The molecule has 0 radical (unpaired) electrons. The summed E-state index contributed by atoms with van der Waals surface area (Å²) in [6, 6.07) is 9.70. The monoisotopic (exact) mass is 421 g/mol. The largest absolute Gasteiger partial charge is 0.473 e. The number of rotatable bonds is 6. The van der Waals surface area contributed by atoms with Crippen molar-refractivity contribution in [3.05, 3.63) is 71.1 Å². The van der Waals surface area contributed by atoms with Crippen LogP contribution in [0, 0.1) is 12.7 Å². The molecule has 3 heterocycles. The van der Waals surface area contributed by atoms with Gasteiger partial charge in [0.05, 0.1) is 5.69 Å². The van der Waals surface area contributed by atoms with Crippen LogP contribution >= 0.6 is 0 Å². The van der Waals surface area contributed by atoms with E-state index in [2.05, 4.69) is 20.3 Å². The summed E-state index contributed by atoms with van der Waals surface area (Å²) in [5.41, 5.74) is 3.36. The van der Waals surface area contributed by atoms with E-state index in [1.54, 1.807) is 18.3 Å². The molecule has 1 aromatic carbocycles. The molecule has 1 aliphatic heterocycles. The quantitative estimate of drug-likeness (QED) is 0.657. The summed E-state index contributed by atoms with van der Waals surface area (Å²) >= 11 is 0. The van der Waals surface area contributed by atoms with E-state index in [1.807, 2.05) is 37.9 Å². The predicted octanol–water partition coefficient (Wildman–Crippen LogP) is 3.46. The lowest BCUT2D eigenvalue weighted by atomic mass is 10.1. The van der Waals surface area contributed by atoms with Crippen LogP contribution in [0.4, 0.5) is 15.9 Å². The van der Waals surface area contributed by atoms with Crippen molar-refractivity contribution in [1.82, 2.24) is 15.0 Å². The van der Waals surface area contributed by atoms with Crippen molar-refractivity contribution >= 4 is 17.4 Å². The van der Waals surface area contributed by atoms with E-state index in [-0.39, 0.29) is 17.8 Å². The number of anilines is 2. The third-order valence-electron chi connectivity index (χ3n) is 5.39. The second-order valence-corrected chi connectivity index (χ2v) is 7.62. The first-order valence-electron chi connectivity index (χ1n) is 10.1. The van der Waals surface area contributed by atoms with Crippen molar-refractivity contribution in [2.75, 3.05) is 17.3 Å². The van der Waals surface area contributed by atoms with Crippen molar-refractivity contribution < 1.29 is 13.9 Å². The summed E-state index contributed by atoms with van der Waals surface area (Å²) in [6.07, 6.45) is 3.16. The van der Waals surface area contributed by atoms with Gasteiger partial charge >= 0.3 is 0 Å². The zero-order valence-electron chi connectivity index (χ0n) is 17.7. The summed E-state index contributed by atoms with van der Waals surface area (Å²) in [5.74, 6) is 1.66. The molecule has 1 atom stereocenters. The van der Waals surface area contributed by atoms with Gasteiger partial charge in [-0.25, -0.2) is 19.3 Å². The molecule has 0 fully saturated rings. The first kappa shape index (κ1) is 20.7. The van der Waals surface area contributed by atoms with E-state index < -0.39 is 0 Å². The van der Waals surface area contributed by atoms with E-state index in [9.17, 15) is 9.18 Å². The summed E-state index contributed by atoms with van der Waals surface area (Å²) in [4.78, 5) is 27.5. The van der Waals surface area contributed by atoms with Gasteiger partial charge < -0.3 is 15.0 Å². The van der Waals surface area contributed by atoms with Gasteiger partial charge in [-0.3, -0.25) is 4.79 Å². The normalized spacial score (nSPS) is 15.4. The lowest BCUT2D eigenvalue weighted by molar-refractivity contribution is -0.117. The summed E-state index contributed by atoms with van der Waals surface area (Å²) < 4.78 is 18.6. The Kier molecular flexibility index (Phi) is 5.79. The maximum Gasteiger partial charge on any atom is 0.246 e. The average molecular weight is 421 g/mol. The number of likely N-dealkylation sites (N-methyl/N-ethyl adjacent to an activating group) is 1.